The lowest BCUT2D eigenvalue weighted by Crippen LogP contribution is -2.29. The van der Waals surface area contributed by atoms with E-state index < -0.39 is 11.8 Å². The average molecular weight is 279 g/mol. The van der Waals surface area contributed by atoms with Gasteiger partial charge in [-0.15, -0.1) is 0 Å². The summed E-state index contributed by atoms with van der Waals surface area (Å²) >= 11 is 0. The number of rotatable bonds is 7. The van der Waals surface area contributed by atoms with E-state index in [0.717, 1.165) is 18.9 Å². The van der Waals surface area contributed by atoms with E-state index in [9.17, 15) is 14.0 Å². The molecule has 0 spiro atoms. The van der Waals surface area contributed by atoms with Gasteiger partial charge >= 0.3 is 5.97 Å². The van der Waals surface area contributed by atoms with Crippen molar-refractivity contribution in [3.63, 3.8) is 0 Å². The van der Waals surface area contributed by atoms with Crippen LogP contribution in [0.15, 0.2) is 30.3 Å². The van der Waals surface area contributed by atoms with Gasteiger partial charge < -0.3 is 10.1 Å². The lowest BCUT2D eigenvalue weighted by Gasteiger charge is -2.04. The molecule has 1 amide bonds. The number of hydrogen-bond acceptors (Lipinski definition) is 3. The highest BCUT2D eigenvalue weighted by Crippen LogP contribution is 2.08. The van der Waals surface area contributed by atoms with Crippen molar-refractivity contribution in [1.29, 1.82) is 0 Å². The number of carbonyl (C=O) groups is 2. The number of benzene rings is 1. The molecule has 0 radical (unpaired) electrons. The Labute approximate surface area is 117 Å². The van der Waals surface area contributed by atoms with Crippen LogP contribution >= 0.6 is 0 Å². The predicted octanol–water partition coefficient (Wildman–Crippen LogP) is 2.30. The molecule has 0 fully saturated rings. The maximum Gasteiger partial charge on any atom is 0.331 e. The minimum absolute atomic E-state index is 0.289. The number of ether oxygens (including phenoxy) is 1. The zero-order chi connectivity index (χ0) is 14.8. The second kappa shape index (κ2) is 8.85. The third-order valence-electron chi connectivity index (χ3n) is 2.50. The van der Waals surface area contributed by atoms with Crippen LogP contribution in [0.4, 0.5) is 4.39 Å². The highest BCUT2D eigenvalue weighted by molar-refractivity contribution is 5.89. The van der Waals surface area contributed by atoms with Gasteiger partial charge in [-0.25, -0.2) is 9.18 Å². The summed E-state index contributed by atoms with van der Waals surface area (Å²) in [5, 5.41) is 2.62. The van der Waals surface area contributed by atoms with Crippen LogP contribution in [-0.2, 0) is 14.3 Å². The molecule has 0 aromatic heterocycles. The van der Waals surface area contributed by atoms with Gasteiger partial charge in [0, 0.05) is 18.2 Å². The maximum atomic E-state index is 13.3. The first kappa shape index (κ1) is 15.9. The fourth-order valence-corrected chi connectivity index (χ4v) is 1.41. The van der Waals surface area contributed by atoms with Gasteiger partial charge in [-0.2, -0.15) is 0 Å². The number of unbranched alkanes of at least 4 members (excludes halogenated alkanes) is 1. The van der Waals surface area contributed by atoms with Gasteiger partial charge in [0.05, 0.1) is 0 Å². The highest BCUT2D eigenvalue weighted by atomic mass is 19.1. The van der Waals surface area contributed by atoms with Crippen molar-refractivity contribution in [2.24, 2.45) is 0 Å². The van der Waals surface area contributed by atoms with Crippen molar-refractivity contribution >= 4 is 18.0 Å². The molecule has 0 bridgehead atoms. The second-order valence-corrected chi connectivity index (χ2v) is 4.17. The lowest BCUT2D eigenvalue weighted by atomic mass is 10.2. The zero-order valence-corrected chi connectivity index (χ0v) is 11.4. The molecule has 0 saturated carbocycles. The molecule has 1 N–H and O–H groups in total. The Morgan fingerprint density at radius 3 is 2.80 bits per heavy atom. The number of halogens is 1. The summed E-state index contributed by atoms with van der Waals surface area (Å²) in [6, 6.07) is 6.06. The first-order chi connectivity index (χ1) is 9.63. The first-order valence-electron chi connectivity index (χ1n) is 6.49. The van der Waals surface area contributed by atoms with E-state index in [1.807, 2.05) is 6.92 Å². The minimum Gasteiger partial charge on any atom is -0.452 e. The molecular formula is C15H18FNO3. The van der Waals surface area contributed by atoms with E-state index in [-0.39, 0.29) is 18.1 Å². The number of carbonyl (C=O) groups excluding carboxylic acids is 2. The predicted molar refractivity (Wildman–Crippen MR) is 74.3 cm³/mol. The molecule has 0 saturated heterocycles. The summed E-state index contributed by atoms with van der Waals surface area (Å²) in [5.41, 5.74) is 0.289. The largest absolute Gasteiger partial charge is 0.452 e. The topological polar surface area (TPSA) is 55.4 Å². The van der Waals surface area contributed by atoms with Crippen LogP contribution < -0.4 is 5.32 Å². The Balaban J connectivity index is 2.33. The van der Waals surface area contributed by atoms with Gasteiger partial charge in [-0.3, -0.25) is 4.79 Å². The normalized spacial score (nSPS) is 10.5. The van der Waals surface area contributed by atoms with Crippen LogP contribution in [0.5, 0.6) is 0 Å². The fourth-order valence-electron chi connectivity index (χ4n) is 1.41. The molecule has 0 aliphatic heterocycles. The summed E-state index contributed by atoms with van der Waals surface area (Å²) in [6.07, 6.45) is 4.27. The Morgan fingerprint density at radius 1 is 1.35 bits per heavy atom. The Kier molecular flexibility index (Phi) is 7.03. The smallest absolute Gasteiger partial charge is 0.331 e. The monoisotopic (exact) mass is 279 g/mol. The lowest BCUT2D eigenvalue weighted by molar-refractivity contribution is -0.143. The van der Waals surface area contributed by atoms with Crippen molar-refractivity contribution in [2.75, 3.05) is 13.2 Å². The van der Waals surface area contributed by atoms with E-state index in [4.69, 9.17) is 4.74 Å². The SMILES string of the molecule is CCCCNC(=O)COC(=O)/C=C/c1ccccc1F. The van der Waals surface area contributed by atoms with Crippen LogP contribution in [0.1, 0.15) is 25.3 Å². The van der Waals surface area contributed by atoms with E-state index in [1.165, 1.54) is 18.2 Å². The van der Waals surface area contributed by atoms with Crippen molar-refractivity contribution in [2.45, 2.75) is 19.8 Å². The van der Waals surface area contributed by atoms with Crippen LogP contribution in [0.3, 0.4) is 0 Å². The molecular weight excluding hydrogens is 261 g/mol. The summed E-state index contributed by atoms with van der Waals surface area (Å²) in [6.45, 7) is 2.25. The number of nitrogens with one attached hydrogen (secondary N) is 1. The summed E-state index contributed by atoms with van der Waals surface area (Å²) in [5.74, 6) is -1.45. The molecule has 108 valence electrons. The summed E-state index contributed by atoms with van der Waals surface area (Å²) in [4.78, 5) is 22.6. The van der Waals surface area contributed by atoms with E-state index in [2.05, 4.69) is 5.32 Å². The number of esters is 1. The van der Waals surface area contributed by atoms with Gasteiger partial charge in [0.1, 0.15) is 5.82 Å². The van der Waals surface area contributed by atoms with Gasteiger partial charge in [-0.05, 0) is 18.6 Å². The quantitative estimate of drug-likeness (QED) is 0.473. The molecule has 4 nitrogen and oxygen atoms in total. The van der Waals surface area contributed by atoms with Gasteiger partial charge in [0.15, 0.2) is 6.61 Å². The Bertz CT molecular complexity index is 486. The number of amides is 1. The molecule has 1 rings (SSSR count). The number of hydrogen-bond donors (Lipinski definition) is 1. The van der Waals surface area contributed by atoms with Gasteiger partial charge in [0.25, 0.3) is 5.91 Å². The van der Waals surface area contributed by atoms with Gasteiger partial charge in [0.2, 0.25) is 0 Å². The zero-order valence-electron chi connectivity index (χ0n) is 11.4. The van der Waals surface area contributed by atoms with Crippen molar-refractivity contribution in [3.05, 3.63) is 41.7 Å². The third-order valence-corrected chi connectivity index (χ3v) is 2.50. The molecule has 1 aromatic rings. The van der Waals surface area contributed by atoms with Crippen LogP contribution in [0, 0.1) is 5.82 Å². The second-order valence-electron chi connectivity index (χ2n) is 4.17. The highest BCUT2D eigenvalue weighted by Gasteiger charge is 2.04. The molecule has 0 aliphatic rings. The molecule has 0 aliphatic carbocycles. The van der Waals surface area contributed by atoms with Crippen LogP contribution in [0.25, 0.3) is 6.08 Å². The molecule has 20 heavy (non-hydrogen) atoms. The van der Waals surface area contributed by atoms with E-state index in [1.54, 1.807) is 12.1 Å². The van der Waals surface area contributed by atoms with Crippen LogP contribution in [0.2, 0.25) is 0 Å². The maximum absolute atomic E-state index is 13.3. The molecule has 1 aromatic carbocycles. The minimum atomic E-state index is -0.682. The molecule has 0 heterocycles. The van der Waals surface area contributed by atoms with Gasteiger partial charge in [-0.1, -0.05) is 31.5 Å². The molecule has 0 unspecified atom stereocenters. The van der Waals surface area contributed by atoms with E-state index >= 15 is 0 Å². The Hall–Kier alpha value is -2.17. The van der Waals surface area contributed by atoms with Crippen molar-refractivity contribution < 1.29 is 18.7 Å². The fraction of sp³-hybridized carbons (Fsp3) is 0.333. The Morgan fingerprint density at radius 2 is 2.10 bits per heavy atom. The van der Waals surface area contributed by atoms with E-state index in [0.29, 0.717) is 6.54 Å². The summed E-state index contributed by atoms with van der Waals surface area (Å²) in [7, 11) is 0. The third kappa shape index (κ3) is 6.13. The standard InChI is InChI=1S/C15H18FNO3/c1-2-3-10-17-14(18)11-20-15(19)9-8-12-6-4-5-7-13(12)16/h4-9H,2-3,10-11H2,1H3,(H,17,18)/b9-8+. The molecule has 0 atom stereocenters. The summed E-state index contributed by atoms with van der Waals surface area (Å²) < 4.78 is 18.0. The van der Waals surface area contributed by atoms with Crippen molar-refractivity contribution in [1.82, 2.24) is 5.32 Å². The van der Waals surface area contributed by atoms with Crippen molar-refractivity contribution in [3.8, 4) is 0 Å². The van der Waals surface area contributed by atoms with Crippen LogP contribution in [-0.4, -0.2) is 25.0 Å². The first-order valence-corrected chi connectivity index (χ1v) is 6.49. The average Bonchev–Trinajstić information content (AvgIpc) is 2.44. The molecule has 5 heteroatoms.